The van der Waals surface area contributed by atoms with Crippen LogP contribution in [0.4, 0.5) is 19.2 Å². The number of hydrogen-bond acceptors (Lipinski definition) is 11. The van der Waals surface area contributed by atoms with Gasteiger partial charge in [0.1, 0.15) is 34.6 Å². The molecule has 23 heteroatoms. The standard InChI is InChI=1S/C22H24Cl2N2O4.C22H22Cl2N2O2.C15H25NO5.C12H7Cl2N/c1-22(2,3)30-21(29)25-10-18(20(28)19(27)11-25)26-16-6-4-12(23)8-14(16)15-9-13(24)5-7-17(15)26;1-22(2,3)28-21(27)25-10-4-5-16(13-25)26-19-8-6-14(23)11-17(19)18-12-15(24)7-9-20(18)26;1-14(2,3)20-12(17)16-9-7-8-11(10-16)19-13(18)21-15(4,5)6;13-7-1-3-11-9(5-7)10-6-8(14)2-4-12(10)15-11/h4-9,18-20,27-28H,10-11H2,1-3H3;4-9,11-12,16H,10,13H2,1-3H3;7-8,11H,9-10H2,1-6H3;1-6,15H/t18-,19-,20+;16-;;/m01../s1. The smallest absolute Gasteiger partial charge is 0.444 e. The number of aliphatic hydroxyl groups excluding tert-OH is 2. The number of rotatable bonds is 3. The predicted octanol–water partition coefficient (Wildman–Crippen LogP) is 18.8. The molecule has 3 N–H and O–H groups in total. The molecule has 6 aromatic carbocycles. The second kappa shape index (κ2) is 28.7. The summed E-state index contributed by atoms with van der Waals surface area (Å²) in [6.45, 7) is 23.7. The number of carbonyl (C=O) groups excluding carboxylic acids is 4. The highest BCUT2D eigenvalue weighted by molar-refractivity contribution is 6.35. The van der Waals surface area contributed by atoms with Crippen molar-refractivity contribution in [1.29, 1.82) is 0 Å². The van der Waals surface area contributed by atoms with E-state index in [4.69, 9.17) is 93.3 Å². The number of piperidine rings is 1. The fourth-order valence-electron chi connectivity index (χ4n) is 11.3. The molecule has 6 heterocycles. The zero-order valence-corrected chi connectivity index (χ0v) is 58.9. The number of nitrogens with zero attached hydrogens (tertiary/aromatic N) is 5. The average molecular weight is 1400 g/mol. The lowest BCUT2D eigenvalue weighted by molar-refractivity contribution is -0.0704. The third kappa shape index (κ3) is 17.9. The molecule has 9 aromatic rings. The van der Waals surface area contributed by atoms with Crippen molar-refractivity contribution in [2.45, 2.75) is 136 Å². The SMILES string of the molecule is CC(C)(C)OC(=O)N1CC=C[C@@H](n2c3ccc(Cl)cc3c3cc(Cl)ccc32)C1.CC(C)(C)OC(=O)N1C[C@H](O)[C@H](O)[C@@H](n2c3ccc(Cl)cc3c3cc(Cl)ccc32)C1.CC(C)(C)OC(=O)OC1C=CCN(C(=O)OC(C)(C)C)C1.Clc1ccc2[nH]c3ccc(Cl)cc3c2c1. The van der Waals surface area contributed by atoms with E-state index in [1.807, 2.05) is 128 Å². The first kappa shape index (κ1) is 71.2. The van der Waals surface area contributed by atoms with Gasteiger partial charge in [-0.05, 0) is 198 Å². The molecular formula is C71H78Cl6N6O11. The maximum Gasteiger partial charge on any atom is 0.509 e. The molecule has 500 valence electrons. The van der Waals surface area contributed by atoms with Crippen molar-refractivity contribution in [2.75, 3.05) is 39.3 Å². The van der Waals surface area contributed by atoms with Gasteiger partial charge in [-0.15, -0.1) is 0 Å². The highest BCUT2D eigenvalue weighted by Crippen LogP contribution is 2.40. The summed E-state index contributed by atoms with van der Waals surface area (Å²) in [5.74, 6) is 0. The van der Waals surface area contributed by atoms with E-state index in [9.17, 15) is 29.4 Å². The quantitative estimate of drug-likeness (QED) is 0.0867. The summed E-state index contributed by atoms with van der Waals surface area (Å²) in [5, 5.41) is 31.5. The number of hydrogen-bond donors (Lipinski definition) is 3. The maximum atomic E-state index is 12.7. The van der Waals surface area contributed by atoms with Crippen LogP contribution in [0.15, 0.2) is 133 Å². The van der Waals surface area contributed by atoms with Crippen LogP contribution in [-0.2, 0) is 23.7 Å². The van der Waals surface area contributed by atoms with Crippen molar-refractivity contribution in [1.82, 2.24) is 28.8 Å². The molecule has 12 rings (SSSR count). The van der Waals surface area contributed by atoms with Gasteiger partial charge in [0.25, 0.3) is 0 Å². The number of H-pyrrole nitrogens is 1. The van der Waals surface area contributed by atoms with Crippen LogP contribution in [0.25, 0.3) is 65.4 Å². The molecule has 0 bridgehead atoms. The Morgan fingerprint density at radius 2 is 0.777 bits per heavy atom. The largest absolute Gasteiger partial charge is 0.509 e. The van der Waals surface area contributed by atoms with E-state index in [0.29, 0.717) is 39.7 Å². The third-order valence-corrected chi connectivity index (χ3v) is 16.4. The minimum atomic E-state index is -1.11. The molecule has 0 spiro atoms. The first-order valence-electron chi connectivity index (χ1n) is 30.6. The molecule has 0 radical (unpaired) electrons. The van der Waals surface area contributed by atoms with Crippen LogP contribution in [-0.4, -0.2) is 143 Å². The Labute approximate surface area is 576 Å². The second-order valence-corrected chi connectivity index (χ2v) is 29.8. The average Bonchev–Trinajstić information content (AvgIpc) is 1.59. The van der Waals surface area contributed by atoms with Crippen molar-refractivity contribution in [3.63, 3.8) is 0 Å². The minimum absolute atomic E-state index is 0.00136. The van der Waals surface area contributed by atoms with Crippen molar-refractivity contribution < 1.29 is 53.1 Å². The highest BCUT2D eigenvalue weighted by atomic mass is 35.5. The summed E-state index contributed by atoms with van der Waals surface area (Å²) in [5.41, 5.74) is 3.60. The van der Waals surface area contributed by atoms with E-state index in [2.05, 4.69) is 15.6 Å². The van der Waals surface area contributed by atoms with Gasteiger partial charge in [-0.2, -0.15) is 0 Å². The molecule has 17 nitrogen and oxygen atoms in total. The fraction of sp³-hybridized carbons (Fsp3) is 0.380. The topological polar surface area (TPSA) is 190 Å². The van der Waals surface area contributed by atoms with Crippen LogP contribution < -0.4 is 0 Å². The van der Waals surface area contributed by atoms with Crippen molar-refractivity contribution in [3.8, 4) is 0 Å². The van der Waals surface area contributed by atoms with Gasteiger partial charge in [-0.3, -0.25) is 0 Å². The van der Waals surface area contributed by atoms with Gasteiger partial charge in [-0.1, -0.05) is 87.8 Å². The molecule has 3 aromatic heterocycles. The van der Waals surface area contributed by atoms with E-state index in [1.54, 1.807) is 91.5 Å². The summed E-state index contributed by atoms with van der Waals surface area (Å²) >= 11 is 36.9. The Hall–Kier alpha value is -7.06. The van der Waals surface area contributed by atoms with Gasteiger partial charge in [0.2, 0.25) is 0 Å². The number of halogens is 6. The maximum absolute atomic E-state index is 12.7. The number of nitrogens with one attached hydrogen (secondary N) is 1. The summed E-state index contributed by atoms with van der Waals surface area (Å²) in [7, 11) is 0. The Balaban J connectivity index is 0.000000152. The number of likely N-dealkylation sites (tertiary alicyclic amines) is 1. The Bertz CT molecular complexity index is 4190. The second-order valence-electron chi connectivity index (χ2n) is 27.2. The molecule has 5 atom stereocenters. The number of aliphatic hydroxyl groups is 2. The molecule has 3 amide bonds. The number of aromatic amines is 1. The van der Waals surface area contributed by atoms with Gasteiger partial charge in [-0.25, -0.2) is 19.2 Å². The van der Waals surface area contributed by atoms with Gasteiger partial charge >= 0.3 is 24.4 Å². The number of aromatic nitrogens is 3. The van der Waals surface area contributed by atoms with Gasteiger partial charge in [0, 0.05) is 122 Å². The fourth-order valence-corrected chi connectivity index (χ4v) is 12.3. The number of benzene rings is 6. The van der Waals surface area contributed by atoms with Crippen LogP contribution in [0.5, 0.6) is 0 Å². The lowest BCUT2D eigenvalue weighted by atomic mass is 9.99. The van der Waals surface area contributed by atoms with E-state index >= 15 is 0 Å². The molecule has 0 saturated carbocycles. The van der Waals surface area contributed by atoms with E-state index in [1.165, 1.54) is 9.80 Å². The number of ether oxygens (including phenoxy) is 5. The van der Waals surface area contributed by atoms with Gasteiger partial charge < -0.3 is 62.7 Å². The summed E-state index contributed by atoms with van der Waals surface area (Å²) in [6.07, 6.45) is 2.97. The van der Waals surface area contributed by atoms with Crippen LogP contribution in [0.3, 0.4) is 0 Å². The molecule has 1 unspecified atom stereocenters. The lowest BCUT2D eigenvalue weighted by Gasteiger charge is -2.40. The number of amides is 3. The molecule has 94 heavy (non-hydrogen) atoms. The first-order valence-corrected chi connectivity index (χ1v) is 32.9. The molecule has 1 fully saturated rings. The van der Waals surface area contributed by atoms with E-state index in [0.717, 1.165) is 75.5 Å². The van der Waals surface area contributed by atoms with Crippen molar-refractivity contribution in [3.05, 3.63) is 164 Å². The highest BCUT2D eigenvalue weighted by Gasteiger charge is 2.41. The molecule has 0 aliphatic carbocycles. The molecule has 3 aliphatic rings. The van der Waals surface area contributed by atoms with Gasteiger partial charge in [0.15, 0.2) is 0 Å². The van der Waals surface area contributed by atoms with E-state index < -0.39 is 65.1 Å². The Morgan fingerprint density at radius 1 is 0.426 bits per heavy atom. The number of β-amino-alcohol motifs (C(OH)–C–C–N with tert-alkyl or cyclic N) is 1. The normalized spacial score (nSPS) is 18.5. The Morgan fingerprint density at radius 3 is 1.18 bits per heavy atom. The third-order valence-electron chi connectivity index (χ3n) is 15.0. The van der Waals surface area contributed by atoms with Crippen LogP contribution in [0.1, 0.15) is 95.2 Å². The first-order chi connectivity index (χ1) is 44.0. The van der Waals surface area contributed by atoms with Crippen LogP contribution in [0.2, 0.25) is 30.1 Å². The summed E-state index contributed by atoms with van der Waals surface area (Å²) in [4.78, 5) is 56.8. The zero-order chi connectivity index (χ0) is 68.5. The van der Waals surface area contributed by atoms with Crippen LogP contribution in [0, 0.1) is 0 Å². The number of carbonyl (C=O) groups is 4. The van der Waals surface area contributed by atoms with Gasteiger partial charge in [0.05, 0.1) is 31.3 Å². The van der Waals surface area contributed by atoms with Crippen LogP contribution >= 0.6 is 69.6 Å². The molecule has 3 aliphatic heterocycles. The van der Waals surface area contributed by atoms with Crippen molar-refractivity contribution >= 4 is 159 Å². The summed E-state index contributed by atoms with van der Waals surface area (Å²) < 4.78 is 30.8. The number of fused-ring (bicyclic) bond motifs is 9. The predicted molar refractivity (Wildman–Crippen MR) is 378 cm³/mol. The monoisotopic (exact) mass is 1400 g/mol. The molecule has 1 saturated heterocycles. The minimum Gasteiger partial charge on any atom is -0.444 e. The zero-order valence-electron chi connectivity index (χ0n) is 54.4. The van der Waals surface area contributed by atoms with Crippen molar-refractivity contribution in [2.24, 2.45) is 0 Å². The summed E-state index contributed by atoms with van der Waals surface area (Å²) in [6, 6.07) is 33.8. The molecular weight excluding hydrogens is 1330 g/mol. The Kier molecular flexibility index (Phi) is 21.8. The van der Waals surface area contributed by atoms with E-state index in [-0.39, 0.29) is 31.8 Å². The lowest BCUT2D eigenvalue weighted by Crippen LogP contribution is -2.55.